The van der Waals surface area contributed by atoms with Crippen LogP contribution in [0.5, 0.6) is 0 Å². The lowest BCUT2D eigenvalue weighted by Gasteiger charge is -2.14. The van der Waals surface area contributed by atoms with E-state index in [9.17, 15) is 9.59 Å². The van der Waals surface area contributed by atoms with Crippen LogP contribution in [0.3, 0.4) is 0 Å². The van der Waals surface area contributed by atoms with Gasteiger partial charge in [0.25, 0.3) is 5.91 Å². The molecule has 17 heavy (non-hydrogen) atoms. The van der Waals surface area contributed by atoms with Crippen molar-refractivity contribution in [1.82, 2.24) is 0 Å². The van der Waals surface area contributed by atoms with Crippen LogP contribution in [0.1, 0.15) is 15.9 Å². The van der Waals surface area contributed by atoms with Crippen molar-refractivity contribution < 1.29 is 14.3 Å². The monoisotopic (exact) mass is 425 g/mol. The van der Waals surface area contributed by atoms with Crippen LogP contribution in [-0.4, -0.2) is 19.0 Å². The summed E-state index contributed by atoms with van der Waals surface area (Å²) in [6, 6.07) is 3.25. The number of methoxy groups -OCH3 is 1. The van der Waals surface area contributed by atoms with Gasteiger partial charge in [-0.3, -0.25) is 4.79 Å². The van der Waals surface area contributed by atoms with Crippen molar-refractivity contribution >= 4 is 65.4 Å². The van der Waals surface area contributed by atoms with Gasteiger partial charge in [0.2, 0.25) is 0 Å². The van der Waals surface area contributed by atoms with Crippen molar-refractivity contribution in [2.24, 2.45) is 0 Å². The van der Waals surface area contributed by atoms with Gasteiger partial charge in [-0.25, -0.2) is 4.79 Å². The van der Waals surface area contributed by atoms with Crippen molar-refractivity contribution in [3.63, 3.8) is 0 Å². The molecule has 0 fully saturated rings. The Morgan fingerprint density at radius 2 is 2.06 bits per heavy atom. The van der Waals surface area contributed by atoms with Crippen LogP contribution in [0.4, 0.5) is 5.69 Å². The first-order valence-corrected chi connectivity index (χ1v) is 6.88. The molecule has 1 N–H and O–H groups in total. The first kappa shape index (κ1) is 13.0. The quantitative estimate of drug-likeness (QED) is 0.553. The summed E-state index contributed by atoms with van der Waals surface area (Å²) in [5, 5.41) is 2.70. The first-order chi connectivity index (χ1) is 7.89. The van der Waals surface area contributed by atoms with E-state index in [1.807, 2.05) is 0 Å². The number of fused-ring (bicyclic) bond motifs is 1. The third kappa shape index (κ3) is 1.94. The molecule has 0 aromatic heterocycles. The van der Waals surface area contributed by atoms with E-state index >= 15 is 0 Å². The Labute approximate surface area is 122 Å². The molecule has 1 amide bonds. The van der Waals surface area contributed by atoms with Gasteiger partial charge in [-0.2, -0.15) is 0 Å². The number of alkyl halides is 2. The molecule has 4 nitrogen and oxygen atoms in total. The summed E-state index contributed by atoms with van der Waals surface area (Å²) in [5.74, 6) is -0.704. The minimum atomic E-state index is -1.03. The van der Waals surface area contributed by atoms with Crippen LogP contribution in [0.15, 0.2) is 16.6 Å². The van der Waals surface area contributed by atoms with E-state index in [-0.39, 0.29) is 5.91 Å². The fraction of sp³-hybridized carbons (Fsp3) is 0.200. The minimum Gasteiger partial charge on any atom is -0.465 e. The average molecular weight is 428 g/mol. The summed E-state index contributed by atoms with van der Waals surface area (Å²) >= 11 is 9.89. The first-order valence-electron chi connectivity index (χ1n) is 4.50. The largest absolute Gasteiger partial charge is 0.465 e. The predicted octanol–water partition coefficient (Wildman–Crippen LogP) is 3.13. The number of benzene rings is 1. The van der Waals surface area contributed by atoms with Gasteiger partial charge in [-0.05, 0) is 28.1 Å². The van der Waals surface area contributed by atoms with Crippen LogP contribution >= 0.6 is 47.8 Å². The highest BCUT2D eigenvalue weighted by Crippen LogP contribution is 2.51. The van der Waals surface area contributed by atoms with Crippen molar-refractivity contribution in [2.45, 2.75) is 3.23 Å². The van der Waals surface area contributed by atoms with E-state index in [0.717, 1.165) is 0 Å². The second-order valence-corrected chi connectivity index (χ2v) is 7.61. The molecule has 0 radical (unpaired) electrons. The molecule has 1 aromatic rings. The zero-order chi connectivity index (χ0) is 12.8. The van der Waals surface area contributed by atoms with Gasteiger partial charge in [0.1, 0.15) is 0 Å². The Hall–Kier alpha value is -0.400. The number of ether oxygens (including phenoxy) is 1. The number of hydrogen-bond donors (Lipinski definition) is 1. The smallest absolute Gasteiger partial charge is 0.339 e. The van der Waals surface area contributed by atoms with E-state index < -0.39 is 9.20 Å². The number of amides is 1. The lowest BCUT2D eigenvalue weighted by atomic mass is 10.1. The Kier molecular flexibility index (Phi) is 3.35. The number of hydrogen-bond acceptors (Lipinski definition) is 3. The van der Waals surface area contributed by atoms with Crippen LogP contribution in [0.25, 0.3) is 0 Å². The zero-order valence-electron chi connectivity index (χ0n) is 8.51. The van der Waals surface area contributed by atoms with Gasteiger partial charge in [0.15, 0.2) is 3.23 Å². The van der Waals surface area contributed by atoms with Gasteiger partial charge in [-0.15, -0.1) is 0 Å². The van der Waals surface area contributed by atoms with E-state index in [1.165, 1.54) is 7.11 Å². The molecule has 1 aliphatic rings. The molecule has 1 heterocycles. The van der Waals surface area contributed by atoms with Crippen LogP contribution in [0.2, 0.25) is 0 Å². The second-order valence-electron chi connectivity index (χ2n) is 3.37. The lowest BCUT2D eigenvalue weighted by Crippen LogP contribution is -2.20. The topological polar surface area (TPSA) is 55.4 Å². The predicted molar refractivity (Wildman–Crippen MR) is 73.6 cm³/mol. The van der Waals surface area contributed by atoms with Gasteiger partial charge in [-0.1, -0.05) is 31.9 Å². The summed E-state index contributed by atoms with van der Waals surface area (Å²) < 4.78 is 4.16. The SMILES string of the molecule is COC(=O)c1ccc2c(c1Br)C(Br)(Br)C(=O)N2. The van der Waals surface area contributed by atoms with E-state index in [1.54, 1.807) is 12.1 Å². The van der Waals surface area contributed by atoms with E-state index in [4.69, 9.17) is 0 Å². The molecule has 0 saturated carbocycles. The summed E-state index contributed by atoms with van der Waals surface area (Å²) in [6.07, 6.45) is 0. The summed E-state index contributed by atoms with van der Waals surface area (Å²) in [6.45, 7) is 0. The van der Waals surface area contributed by atoms with Crippen LogP contribution in [0, 0.1) is 0 Å². The van der Waals surface area contributed by atoms with Gasteiger partial charge < -0.3 is 10.1 Å². The molecule has 0 unspecified atom stereocenters. The van der Waals surface area contributed by atoms with Gasteiger partial charge in [0.05, 0.1) is 12.7 Å². The molecule has 0 aliphatic carbocycles. The number of carbonyl (C=O) groups is 2. The summed E-state index contributed by atoms with van der Waals surface area (Å²) in [5.41, 5.74) is 1.64. The molecule has 90 valence electrons. The number of esters is 1. The highest BCUT2D eigenvalue weighted by molar-refractivity contribution is 9.25. The Morgan fingerprint density at radius 1 is 1.41 bits per heavy atom. The second kappa shape index (κ2) is 4.37. The highest BCUT2D eigenvalue weighted by Gasteiger charge is 2.45. The van der Waals surface area contributed by atoms with Crippen molar-refractivity contribution in [1.29, 1.82) is 0 Å². The number of halogens is 3. The van der Waals surface area contributed by atoms with Gasteiger partial charge in [0, 0.05) is 15.7 Å². The molecule has 2 rings (SSSR count). The standard InChI is InChI=1S/C10H6Br3NO3/c1-17-8(15)4-2-3-5-6(7(4)11)10(12,13)9(16)14-5/h2-3H,1H3,(H,14,16). The van der Waals surface area contributed by atoms with Crippen LogP contribution < -0.4 is 5.32 Å². The zero-order valence-corrected chi connectivity index (χ0v) is 13.3. The molecule has 0 saturated heterocycles. The lowest BCUT2D eigenvalue weighted by molar-refractivity contribution is -0.115. The highest BCUT2D eigenvalue weighted by atomic mass is 79.9. The molecule has 1 aliphatic heterocycles. The fourth-order valence-electron chi connectivity index (χ4n) is 1.57. The Balaban J connectivity index is 2.66. The summed E-state index contributed by atoms with van der Waals surface area (Å²) in [7, 11) is 1.31. The van der Waals surface area contributed by atoms with E-state index in [2.05, 4.69) is 57.8 Å². The molecule has 0 bridgehead atoms. The molecule has 0 spiro atoms. The van der Waals surface area contributed by atoms with E-state index in [0.29, 0.717) is 21.3 Å². The normalized spacial score (nSPS) is 16.4. The van der Waals surface area contributed by atoms with Crippen LogP contribution in [-0.2, 0) is 12.8 Å². The van der Waals surface area contributed by atoms with Crippen molar-refractivity contribution in [3.8, 4) is 0 Å². The average Bonchev–Trinajstić information content (AvgIpc) is 2.50. The number of anilines is 1. The van der Waals surface area contributed by atoms with Crippen molar-refractivity contribution in [2.75, 3.05) is 12.4 Å². The Morgan fingerprint density at radius 3 is 2.65 bits per heavy atom. The maximum atomic E-state index is 11.7. The minimum absolute atomic E-state index is 0.241. The molecule has 1 aromatic carbocycles. The fourth-order valence-corrected chi connectivity index (χ4v) is 3.93. The third-order valence-corrected chi connectivity index (χ3v) is 4.73. The van der Waals surface area contributed by atoms with Gasteiger partial charge >= 0.3 is 5.97 Å². The Bertz CT molecular complexity index is 528. The maximum Gasteiger partial charge on any atom is 0.339 e. The number of carbonyl (C=O) groups excluding carboxylic acids is 2. The molecule has 7 heteroatoms. The summed E-state index contributed by atoms with van der Waals surface area (Å²) in [4.78, 5) is 23.3. The maximum absolute atomic E-state index is 11.7. The molecular formula is C10H6Br3NO3. The number of nitrogens with one attached hydrogen (secondary N) is 1. The molecular weight excluding hydrogens is 422 g/mol. The number of rotatable bonds is 1. The van der Waals surface area contributed by atoms with Crippen molar-refractivity contribution in [3.05, 3.63) is 27.7 Å². The third-order valence-electron chi connectivity index (χ3n) is 2.39. The molecule has 0 atom stereocenters.